The second-order valence-electron chi connectivity index (χ2n) is 10.2. The molecular formula is C26H33FN6O3S. The van der Waals surface area contributed by atoms with E-state index < -0.39 is 22.1 Å². The van der Waals surface area contributed by atoms with Gasteiger partial charge >= 0.3 is 0 Å². The van der Waals surface area contributed by atoms with Gasteiger partial charge < -0.3 is 19.9 Å². The fraction of sp³-hybridized carbons (Fsp3) is 0.500. The molecule has 2 saturated heterocycles. The summed E-state index contributed by atoms with van der Waals surface area (Å²) in [5, 5.41) is 4.99. The maximum atomic E-state index is 14.4. The second-order valence-corrected chi connectivity index (χ2v) is 12.5. The first-order valence-electron chi connectivity index (χ1n) is 12.5. The van der Waals surface area contributed by atoms with Crippen molar-refractivity contribution in [1.82, 2.24) is 15.0 Å². The molecule has 0 radical (unpaired) electrons. The first-order chi connectivity index (χ1) is 17.6. The standard InChI is InChI=1S/C26H33FN6O3S/c1-16(2)18-5-6-22(33-13-17(14-33)37(4,34)35)20-12-29-25(11-19(18)20)30-24-7-9-28-26(31-24)32-10-8-23(36-3)21(27)15-32/h5-7,9,11-12,16-17,21,23H,8,10,13-15H2,1-4H3,(H,28,29,30,31)/t21-,23-/m0/s1. The summed E-state index contributed by atoms with van der Waals surface area (Å²) in [5.41, 5.74) is 2.17. The van der Waals surface area contributed by atoms with E-state index in [1.807, 2.05) is 17.2 Å². The molecule has 2 fully saturated rings. The molecule has 11 heteroatoms. The van der Waals surface area contributed by atoms with E-state index in [2.05, 4.69) is 51.1 Å². The zero-order valence-corrected chi connectivity index (χ0v) is 22.4. The minimum absolute atomic E-state index is 0.188. The smallest absolute Gasteiger partial charge is 0.227 e. The minimum Gasteiger partial charge on any atom is -0.378 e. The Bertz CT molecular complexity index is 1400. The molecule has 3 aromatic rings. The molecule has 0 bridgehead atoms. The van der Waals surface area contributed by atoms with Crippen LogP contribution in [0, 0.1) is 0 Å². The number of hydrogen-bond donors (Lipinski definition) is 1. The van der Waals surface area contributed by atoms with Crippen LogP contribution in [0.1, 0.15) is 31.7 Å². The molecule has 2 aromatic heterocycles. The Morgan fingerprint density at radius 1 is 1.08 bits per heavy atom. The Kier molecular flexibility index (Phi) is 6.93. The first-order valence-corrected chi connectivity index (χ1v) is 14.5. The van der Waals surface area contributed by atoms with Gasteiger partial charge in [-0.3, -0.25) is 0 Å². The van der Waals surface area contributed by atoms with Crippen LogP contribution in [0.4, 0.5) is 27.7 Å². The number of halogens is 1. The lowest BCUT2D eigenvalue weighted by Gasteiger charge is -2.40. The molecule has 0 spiro atoms. The number of nitrogens with zero attached hydrogens (tertiary/aromatic N) is 5. The SMILES string of the molecule is CO[C@H]1CCN(c2nccc(Nc3cc4c(C(C)C)ccc(N5CC(S(C)(=O)=O)C5)c4cn3)n2)C[C@@H]1F. The van der Waals surface area contributed by atoms with Crippen LogP contribution in [0.3, 0.4) is 0 Å². The van der Waals surface area contributed by atoms with Gasteiger partial charge in [-0.25, -0.2) is 22.8 Å². The number of benzene rings is 1. The Labute approximate surface area is 217 Å². The number of aromatic nitrogens is 3. The molecule has 2 atom stereocenters. The number of nitrogens with one attached hydrogen (secondary N) is 1. The molecule has 0 saturated carbocycles. The third-order valence-corrected chi connectivity index (χ3v) is 8.80. The molecule has 0 unspecified atom stereocenters. The van der Waals surface area contributed by atoms with Crippen molar-refractivity contribution in [3.8, 4) is 0 Å². The first kappa shape index (κ1) is 25.6. The number of sulfone groups is 1. The molecule has 9 nitrogen and oxygen atoms in total. The van der Waals surface area contributed by atoms with Crippen LogP contribution < -0.4 is 15.1 Å². The molecule has 5 rings (SSSR count). The fourth-order valence-corrected chi connectivity index (χ4v) is 5.93. The van der Waals surface area contributed by atoms with Crippen molar-refractivity contribution in [3.05, 3.63) is 42.2 Å². The van der Waals surface area contributed by atoms with Crippen LogP contribution in [0.25, 0.3) is 10.8 Å². The van der Waals surface area contributed by atoms with Gasteiger partial charge in [0.05, 0.1) is 17.9 Å². The van der Waals surface area contributed by atoms with Crippen LogP contribution in [-0.2, 0) is 14.6 Å². The van der Waals surface area contributed by atoms with E-state index in [0.29, 0.717) is 49.6 Å². The summed E-state index contributed by atoms with van der Waals surface area (Å²) in [6.45, 7) is 6.07. The highest BCUT2D eigenvalue weighted by Crippen LogP contribution is 2.36. The average Bonchev–Trinajstić information content (AvgIpc) is 2.82. The average molecular weight is 529 g/mol. The number of methoxy groups -OCH3 is 1. The largest absolute Gasteiger partial charge is 0.378 e. The molecule has 2 aliphatic rings. The molecule has 2 aliphatic heterocycles. The van der Waals surface area contributed by atoms with Gasteiger partial charge in [0, 0.05) is 56.5 Å². The van der Waals surface area contributed by atoms with Gasteiger partial charge in [-0.05, 0) is 41.5 Å². The van der Waals surface area contributed by atoms with Crippen LogP contribution >= 0.6 is 0 Å². The zero-order valence-electron chi connectivity index (χ0n) is 21.6. The highest BCUT2D eigenvalue weighted by molar-refractivity contribution is 7.91. The van der Waals surface area contributed by atoms with Crippen LogP contribution in [0.15, 0.2) is 36.7 Å². The number of pyridine rings is 1. The summed E-state index contributed by atoms with van der Waals surface area (Å²) in [5.74, 6) is 1.96. The Morgan fingerprint density at radius 2 is 1.86 bits per heavy atom. The molecule has 37 heavy (non-hydrogen) atoms. The van der Waals surface area contributed by atoms with E-state index in [4.69, 9.17) is 4.74 Å². The van der Waals surface area contributed by atoms with E-state index in [0.717, 1.165) is 16.5 Å². The second kappa shape index (κ2) is 10.0. The zero-order chi connectivity index (χ0) is 26.3. The monoisotopic (exact) mass is 528 g/mol. The normalized spacial score (nSPS) is 20.9. The van der Waals surface area contributed by atoms with Gasteiger partial charge in [0.25, 0.3) is 0 Å². The maximum Gasteiger partial charge on any atom is 0.227 e. The summed E-state index contributed by atoms with van der Waals surface area (Å²) in [6.07, 6.45) is 3.87. The predicted octanol–water partition coefficient (Wildman–Crippen LogP) is 3.69. The van der Waals surface area contributed by atoms with Crippen molar-refractivity contribution in [1.29, 1.82) is 0 Å². The van der Waals surface area contributed by atoms with E-state index >= 15 is 0 Å². The van der Waals surface area contributed by atoms with Gasteiger partial charge in [0.15, 0.2) is 9.84 Å². The van der Waals surface area contributed by atoms with Crippen molar-refractivity contribution in [3.63, 3.8) is 0 Å². The topological polar surface area (TPSA) is 101 Å². The van der Waals surface area contributed by atoms with E-state index in [1.54, 1.807) is 12.3 Å². The number of ether oxygens (including phenoxy) is 1. The van der Waals surface area contributed by atoms with Crippen LogP contribution in [0.2, 0.25) is 0 Å². The van der Waals surface area contributed by atoms with Gasteiger partial charge in [0.2, 0.25) is 5.95 Å². The number of anilines is 4. The lowest BCUT2D eigenvalue weighted by molar-refractivity contribution is 0.0194. The third kappa shape index (κ3) is 5.19. The molecule has 0 amide bonds. The van der Waals surface area contributed by atoms with Gasteiger partial charge in [-0.1, -0.05) is 19.9 Å². The summed E-state index contributed by atoms with van der Waals surface area (Å²) < 4.78 is 43.4. The van der Waals surface area contributed by atoms with Crippen molar-refractivity contribution in [2.24, 2.45) is 0 Å². The van der Waals surface area contributed by atoms with Crippen molar-refractivity contribution in [2.45, 2.75) is 43.7 Å². The number of fused-ring (bicyclic) bond motifs is 1. The summed E-state index contributed by atoms with van der Waals surface area (Å²) >= 11 is 0. The highest BCUT2D eigenvalue weighted by Gasteiger charge is 2.35. The van der Waals surface area contributed by atoms with E-state index in [-0.39, 0.29) is 11.8 Å². The Morgan fingerprint density at radius 3 is 2.54 bits per heavy atom. The summed E-state index contributed by atoms with van der Waals surface area (Å²) in [7, 11) is -1.52. The van der Waals surface area contributed by atoms with Gasteiger partial charge in [-0.15, -0.1) is 0 Å². The highest BCUT2D eigenvalue weighted by atomic mass is 32.2. The molecule has 1 N–H and O–H groups in total. The quantitative estimate of drug-likeness (QED) is 0.492. The number of rotatable bonds is 7. The lowest BCUT2D eigenvalue weighted by atomic mass is 9.95. The molecule has 0 aliphatic carbocycles. The summed E-state index contributed by atoms with van der Waals surface area (Å²) in [6, 6.07) is 7.94. The van der Waals surface area contributed by atoms with Crippen LogP contribution in [0.5, 0.6) is 0 Å². The third-order valence-electron chi connectivity index (χ3n) is 7.29. The Hall–Kier alpha value is -3.05. The fourth-order valence-electron chi connectivity index (χ4n) is 5.03. The van der Waals surface area contributed by atoms with Crippen molar-refractivity contribution < 1.29 is 17.5 Å². The number of piperidine rings is 1. The Balaban J connectivity index is 1.40. The molecule has 4 heterocycles. The minimum atomic E-state index is -3.05. The predicted molar refractivity (Wildman–Crippen MR) is 145 cm³/mol. The molecular weight excluding hydrogens is 495 g/mol. The van der Waals surface area contributed by atoms with E-state index in [9.17, 15) is 12.8 Å². The number of hydrogen-bond acceptors (Lipinski definition) is 9. The van der Waals surface area contributed by atoms with Crippen LogP contribution in [-0.4, -0.2) is 80.4 Å². The van der Waals surface area contributed by atoms with Crippen molar-refractivity contribution in [2.75, 3.05) is 54.7 Å². The lowest BCUT2D eigenvalue weighted by Crippen LogP contribution is -2.54. The van der Waals surface area contributed by atoms with Crippen molar-refractivity contribution >= 4 is 43.9 Å². The molecule has 198 valence electrons. The maximum absolute atomic E-state index is 14.4. The van der Waals surface area contributed by atoms with Gasteiger partial charge in [0.1, 0.15) is 17.8 Å². The van der Waals surface area contributed by atoms with Gasteiger partial charge in [-0.2, -0.15) is 4.98 Å². The van der Waals surface area contributed by atoms with E-state index in [1.165, 1.54) is 18.9 Å². The molecule has 1 aromatic carbocycles. The number of alkyl halides is 1. The summed E-state index contributed by atoms with van der Waals surface area (Å²) in [4.78, 5) is 17.5.